The minimum Gasteiger partial charge on any atom is -1.00 e. The summed E-state index contributed by atoms with van der Waals surface area (Å²) in [5.41, 5.74) is 0.648. The maximum atomic E-state index is 10.1. The number of rotatable bonds is 2. The van der Waals surface area contributed by atoms with Gasteiger partial charge in [0.2, 0.25) is 0 Å². The molecule has 5 heteroatoms. The molecule has 0 bridgehead atoms. The standard InChI is InChI=1S/C7H8N2O2.Na.H/c1-9-4-6(8-5-9)2-3-7(10)11;;/h2-5H,1H3,(H,10,11);;/q;+1;-1/b3-2+;;. The normalized spacial score (nSPS) is 9.75. The summed E-state index contributed by atoms with van der Waals surface area (Å²) in [4.78, 5) is 14.0. The van der Waals surface area contributed by atoms with Crippen molar-refractivity contribution in [2.24, 2.45) is 7.05 Å². The molecular formula is C7H9N2NaO2. The van der Waals surface area contributed by atoms with Crippen molar-refractivity contribution >= 4 is 12.0 Å². The second kappa shape index (κ2) is 5.13. The molecule has 12 heavy (non-hydrogen) atoms. The third-order valence-electron chi connectivity index (χ3n) is 1.12. The fourth-order valence-electron chi connectivity index (χ4n) is 0.676. The summed E-state index contributed by atoms with van der Waals surface area (Å²) in [6.45, 7) is 0. The number of carboxylic acid groups (broad SMARTS) is 1. The Labute approximate surface area is 93.7 Å². The summed E-state index contributed by atoms with van der Waals surface area (Å²) in [7, 11) is 1.82. The summed E-state index contributed by atoms with van der Waals surface area (Å²) in [5, 5.41) is 8.26. The van der Waals surface area contributed by atoms with Crippen LogP contribution < -0.4 is 29.6 Å². The van der Waals surface area contributed by atoms with Crippen molar-refractivity contribution in [3.63, 3.8) is 0 Å². The Balaban J connectivity index is 0. The Bertz CT molecular complexity index is 298. The van der Waals surface area contributed by atoms with Crippen molar-refractivity contribution in [1.29, 1.82) is 0 Å². The molecule has 0 atom stereocenters. The number of carbonyl (C=O) groups is 1. The molecule has 0 radical (unpaired) electrons. The molecule has 1 aromatic rings. The molecule has 0 saturated carbocycles. The van der Waals surface area contributed by atoms with Crippen LogP contribution in [-0.2, 0) is 11.8 Å². The molecule has 0 aliphatic carbocycles. The number of carboxylic acids is 1. The molecule has 1 N–H and O–H groups in total. The Hall–Kier alpha value is -0.580. The third-order valence-corrected chi connectivity index (χ3v) is 1.12. The Morgan fingerprint density at radius 2 is 2.50 bits per heavy atom. The van der Waals surface area contributed by atoms with Gasteiger partial charge in [0, 0.05) is 19.3 Å². The molecule has 0 unspecified atom stereocenters. The second-order valence-corrected chi connectivity index (χ2v) is 2.14. The molecule has 0 amide bonds. The minimum absolute atomic E-state index is 0. The van der Waals surface area contributed by atoms with Crippen molar-refractivity contribution < 1.29 is 40.9 Å². The summed E-state index contributed by atoms with van der Waals surface area (Å²) in [6, 6.07) is 0. The first-order valence-electron chi connectivity index (χ1n) is 3.07. The molecule has 1 heterocycles. The first kappa shape index (κ1) is 11.4. The molecule has 0 aromatic carbocycles. The zero-order valence-corrected chi connectivity index (χ0v) is 9.06. The van der Waals surface area contributed by atoms with Gasteiger partial charge in [0.1, 0.15) is 0 Å². The predicted molar refractivity (Wildman–Crippen MR) is 41.0 cm³/mol. The zero-order chi connectivity index (χ0) is 8.27. The van der Waals surface area contributed by atoms with Crippen molar-refractivity contribution in [2.75, 3.05) is 0 Å². The Morgan fingerprint density at radius 3 is 2.92 bits per heavy atom. The summed E-state index contributed by atoms with van der Waals surface area (Å²) >= 11 is 0. The largest absolute Gasteiger partial charge is 1.00 e. The van der Waals surface area contributed by atoms with E-state index in [1.165, 1.54) is 6.08 Å². The van der Waals surface area contributed by atoms with Crippen molar-refractivity contribution in [1.82, 2.24) is 9.55 Å². The van der Waals surface area contributed by atoms with E-state index in [1.54, 1.807) is 17.1 Å². The van der Waals surface area contributed by atoms with Crippen LogP contribution in [0.15, 0.2) is 18.6 Å². The van der Waals surface area contributed by atoms with Crippen molar-refractivity contribution in [3.8, 4) is 0 Å². The average molecular weight is 176 g/mol. The van der Waals surface area contributed by atoms with Gasteiger partial charge in [0.15, 0.2) is 0 Å². The van der Waals surface area contributed by atoms with Crippen molar-refractivity contribution in [2.45, 2.75) is 0 Å². The van der Waals surface area contributed by atoms with Crippen LogP contribution in [0.5, 0.6) is 0 Å². The van der Waals surface area contributed by atoms with Gasteiger partial charge < -0.3 is 11.1 Å². The molecule has 1 rings (SSSR count). The molecule has 60 valence electrons. The van der Waals surface area contributed by atoms with E-state index < -0.39 is 5.97 Å². The van der Waals surface area contributed by atoms with Gasteiger partial charge in [-0.25, -0.2) is 9.78 Å². The maximum Gasteiger partial charge on any atom is 1.00 e. The Morgan fingerprint density at radius 1 is 1.83 bits per heavy atom. The van der Waals surface area contributed by atoms with Crippen LogP contribution in [0.4, 0.5) is 0 Å². The minimum atomic E-state index is -0.962. The topological polar surface area (TPSA) is 55.1 Å². The van der Waals surface area contributed by atoms with Gasteiger partial charge in [0.05, 0.1) is 12.0 Å². The molecule has 0 fully saturated rings. The fraction of sp³-hybridized carbons (Fsp3) is 0.143. The number of aliphatic carboxylic acids is 1. The monoisotopic (exact) mass is 176 g/mol. The molecule has 0 saturated heterocycles. The van der Waals surface area contributed by atoms with E-state index in [1.807, 2.05) is 7.05 Å². The SMILES string of the molecule is Cn1cnc(/C=C/C(=O)O)c1.[H-].[Na+]. The second-order valence-electron chi connectivity index (χ2n) is 2.14. The van der Waals surface area contributed by atoms with E-state index in [0.29, 0.717) is 5.69 Å². The van der Waals surface area contributed by atoms with Crippen LogP contribution in [0, 0.1) is 0 Å². The quantitative estimate of drug-likeness (QED) is 0.405. The molecule has 4 nitrogen and oxygen atoms in total. The van der Waals surface area contributed by atoms with Crippen LogP contribution in [-0.4, -0.2) is 20.6 Å². The van der Waals surface area contributed by atoms with E-state index >= 15 is 0 Å². The van der Waals surface area contributed by atoms with E-state index in [4.69, 9.17) is 5.11 Å². The number of aryl methyl sites for hydroxylation is 1. The molecule has 1 aromatic heterocycles. The number of aromatic nitrogens is 2. The van der Waals surface area contributed by atoms with Crippen LogP contribution in [0.2, 0.25) is 0 Å². The van der Waals surface area contributed by atoms with Crippen molar-refractivity contribution in [3.05, 3.63) is 24.3 Å². The van der Waals surface area contributed by atoms with E-state index in [-0.39, 0.29) is 31.0 Å². The number of hydrogen-bond acceptors (Lipinski definition) is 2. The van der Waals surface area contributed by atoms with Gasteiger partial charge >= 0.3 is 35.5 Å². The number of imidazole rings is 1. The van der Waals surface area contributed by atoms with Gasteiger partial charge in [-0.2, -0.15) is 0 Å². The summed E-state index contributed by atoms with van der Waals surface area (Å²) in [5.74, 6) is -0.962. The van der Waals surface area contributed by atoms with Gasteiger partial charge in [-0.15, -0.1) is 0 Å². The fourth-order valence-corrected chi connectivity index (χ4v) is 0.676. The molecular weight excluding hydrogens is 167 g/mol. The third kappa shape index (κ3) is 3.71. The maximum absolute atomic E-state index is 10.1. The van der Waals surface area contributed by atoms with Crippen LogP contribution in [0.25, 0.3) is 6.08 Å². The van der Waals surface area contributed by atoms with Gasteiger partial charge in [-0.1, -0.05) is 0 Å². The average Bonchev–Trinajstić information content (AvgIpc) is 2.31. The van der Waals surface area contributed by atoms with E-state index in [0.717, 1.165) is 6.08 Å². The predicted octanol–water partition coefficient (Wildman–Crippen LogP) is -2.37. The van der Waals surface area contributed by atoms with Crippen LogP contribution in [0.3, 0.4) is 0 Å². The number of hydrogen-bond donors (Lipinski definition) is 1. The van der Waals surface area contributed by atoms with Crippen LogP contribution in [0.1, 0.15) is 7.12 Å². The first-order valence-corrected chi connectivity index (χ1v) is 3.07. The Kier molecular flexibility index (Phi) is 4.89. The smallest absolute Gasteiger partial charge is 1.00 e. The van der Waals surface area contributed by atoms with Gasteiger partial charge in [-0.3, -0.25) is 0 Å². The summed E-state index contributed by atoms with van der Waals surface area (Å²) < 4.78 is 1.75. The molecule has 0 aliphatic rings. The van der Waals surface area contributed by atoms with Gasteiger partial charge in [0.25, 0.3) is 0 Å². The van der Waals surface area contributed by atoms with E-state index in [9.17, 15) is 4.79 Å². The van der Waals surface area contributed by atoms with Crippen LogP contribution >= 0.6 is 0 Å². The summed E-state index contributed by atoms with van der Waals surface area (Å²) in [6.07, 6.45) is 5.85. The molecule has 0 aliphatic heterocycles. The first-order chi connectivity index (χ1) is 5.18. The van der Waals surface area contributed by atoms with E-state index in [2.05, 4.69) is 4.98 Å². The zero-order valence-electron chi connectivity index (χ0n) is 8.06. The number of nitrogens with zero attached hydrogens (tertiary/aromatic N) is 2. The van der Waals surface area contributed by atoms with Gasteiger partial charge in [-0.05, 0) is 6.08 Å². The molecule has 0 spiro atoms.